The minimum atomic E-state index is -2.23. The average molecular weight is 537 g/mol. The van der Waals surface area contributed by atoms with Crippen molar-refractivity contribution >= 4 is 26.3 Å². The van der Waals surface area contributed by atoms with E-state index in [4.69, 9.17) is 18.4 Å². The summed E-state index contributed by atoms with van der Waals surface area (Å²) < 4.78 is 18.4. The van der Waals surface area contributed by atoms with Crippen LogP contribution in [-0.2, 0) is 23.6 Å². The molecule has 1 aromatic rings. The van der Waals surface area contributed by atoms with Crippen LogP contribution in [0, 0.1) is 24.7 Å². The highest BCUT2D eigenvalue weighted by molar-refractivity contribution is 6.74. The first-order chi connectivity index (χ1) is 16.9. The molecule has 37 heavy (non-hydrogen) atoms. The number of oxazole rings is 1. The smallest absolute Gasteiger partial charge is 0.308 e. The number of hydroxylamine groups is 2. The maximum atomic E-state index is 12.8. The lowest BCUT2D eigenvalue weighted by atomic mass is 9.85. The predicted molar refractivity (Wildman–Crippen MR) is 149 cm³/mol. The van der Waals surface area contributed by atoms with Gasteiger partial charge in [-0.3, -0.25) is 14.4 Å². The van der Waals surface area contributed by atoms with Crippen molar-refractivity contribution in [3.8, 4) is 0 Å². The van der Waals surface area contributed by atoms with Gasteiger partial charge in [0.1, 0.15) is 18.1 Å². The van der Waals surface area contributed by atoms with Crippen molar-refractivity contribution < 1.29 is 28.0 Å². The summed E-state index contributed by atoms with van der Waals surface area (Å²) in [6, 6.07) is 0. The molecule has 0 radical (unpaired) electrons. The Morgan fingerprint density at radius 2 is 1.76 bits per heavy atom. The Hall–Kier alpha value is -2.23. The van der Waals surface area contributed by atoms with Gasteiger partial charge in [0.15, 0.2) is 14.2 Å². The minimum absolute atomic E-state index is 0.0340. The zero-order chi connectivity index (χ0) is 28.7. The summed E-state index contributed by atoms with van der Waals surface area (Å²) >= 11 is 0. The topological polar surface area (TPSA) is 91.1 Å². The SMILES string of the molecule is CON(C)C(=O)/C=C/[C@H](C)[C@H](O[Si](C)(C)C(C)(C)C)[C@@H](C)[C@@H](OC(=O)C(C)C)/C(C)=C/c1coc(C)n1. The lowest BCUT2D eigenvalue weighted by Gasteiger charge is -2.44. The van der Waals surface area contributed by atoms with E-state index >= 15 is 0 Å². The van der Waals surface area contributed by atoms with E-state index in [0.29, 0.717) is 11.6 Å². The number of carbonyl (C=O) groups excluding carboxylic acids is 2. The molecule has 1 rings (SSSR count). The first-order valence-corrected chi connectivity index (χ1v) is 15.8. The van der Waals surface area contributed by atoms with E-state index in [2.05, 4.69) is 38.8 Å². The predicted octanol–water partition coefficient (Wildman–Crippen LogP) is 6.19. The maximum Gasteiger partial charge on any atom is 0.308 e. The molecule has 0 N–H and O–H groups in total. The van der Waals surface area contributed by atoms with E-state index in [1.165, 1.54) is 13.2 Å². The Labute approximate surface area is 224 Å². The highest BCUT2D eigenvalue weighted by atomic mass is 28.4. The summed E-state index contributed by atoms with van der Waals surface area (Å²) in [5.74, 6) is -0.653. The zero-order valence-corrected chi connectivity index (χ0v) is 26.0. The lowest BCUT2D eigenvalue weighted by Crippen LogP contribution is -2.49. The summed E-state index contributed by atoms with van der Waals surface area (Å²) in [5.41, 5.74) is 1.50. The molecule has 9 heteroatoms. The van der Waals surface area contributed by atoms with Gasteiger partial charge in [-0.2, -0.15) is 0 Å². The summed E-state index contributed by atoms with van der Waals surface area (Å²) in [4.78, 5) is 34.5. The fourth-order valence-electron chi connectivity index (χ4n) is 3.56. The number of carbonyl (C=O) groups is 2. The molecule has 0 saturated carbocycles. The van der Waals surface area contributed by atoms with Gasteiger partial charge in [-0.25, -0.2) is 10.0 Å². The number of rotatable bonds is 12. The molecule has 4 atom stereocenters. The van der Waals surface area contributed by atoms with Crippen LogP contribution in [0.5, 0.6) is 0 Å². The standard InChI is InChI=1S/C28H48N2O6Si/c1-18(2)27(32)35-25(20(4)16-23-17-34-22(6)29-23)21(5)26(36-37(12,13)28(7,8)9)19(3)14-15-24(31)30(10)33-11/h14-19,21,25-26H,1-13H3/b15-14+,20-16+/t19-,21-,25-,26-/m0/s1. The molecule has 0 aliphatic carbocycles. The number of esters is 1. The van der Waals surface area contributed by atoms with Crippen LogP contribution in [0.3, 0.4) is 0 Å². The Morgan fingerprint density at radius 3 is 2.22 bits per heavy atom. The Kier molecular flexibility index (Phi) is 12.0. The maximum absolute atomic E-state index is 12.8. The van der Waals surface area contributed by atoms with E-state index in [1.54, 1.807) is 20.2 Å². The first kappa shape index (κ1) is 32.8. The van der Waals surface area contributed by atoms with Gasteiger partial charge in [0.25, 0.3) is 5.91 Å². The Balaban J connectivity index is 3.52. The molecular weight excluding hydrogens is 488 g/mol. The molecule has 210 valence electrons. The van der Waals surface area contributed by atoms with Crippen molar-refractivity contribution in [1.82, 2.24) is 10.0 Å². The summed E-state index contributed by atoms with van der Waals surface area (Å²) in [6.07, 6.45) is 5.91. The second-order valence-corrected chi connectivity index (χ2v) is 16.4. The number of likely N-dealkylation sites (N-methyl/N-ethyl adjacent to an activating group) is 1. The third-order valence-corrected chi connectivity index (χ3v) is 11.5. The second-order valence-electron chi connectivity index (χ2n) is 11.6. The number of ether oxygens (including phenoxy) is 1. The van der Waals surface area contributed by atoms with E-state index in [-0.39, 0.29) is 40.8 Å². The third-order valence-electron chi connectivity index (χ3n) is 7.05. The van der Waals surface area contributed by atoms with Crippen molar-refractivity contribution in [3.05, 3.63) is 35.6 Å². The van der Waals surface area contributed by atoms with E-state index in [0.717, 1.165) is 10.6 Å². The van der Waals surface area contributed by atoms with Gasteiger partial charge in [0.2, 0.25) is 0 Å². The van der Waals surface area contributed by atoms with Gasteiger partial charge < -0.3 is 13.6 Å². The summed E-state index contributed by atoms with van der Waals surface area (Å²) in [5, 5.41) is 1.13. The average Bonchev–Trinajstić information content (AvgIpc) is 3.21. The fourth-order valence-corrected chi connectivity index (χ4v) is 5.02. The van der Waals surface area contributed by atoms with Crippen LogP contribution >= 0.6 is 0 Å². The summed E-state index contributed by atoms with van der Waals surface area (Å²) in [7, 11) is 0.772. The van der Waals surface area contributed by atoms with Crippen LogP contribution in [0.1, 0.15) is 67.0 Å². The van der Waals surface area contributed by atoms with Crippen molar-refractivity contribution in [2.45, 2.75) is 92.7 Å². The zero-order valence-electron chi connectivity index (χ0n) is 25.0. The molecule has 0 spiro atoms. The highest BCUT2D eigenvalue weighted by Gasteiger charge is 2.43. The Morgan fingerprint density at radius 1 is 1.16 bits per heavy atom. The number of hydrogen-bond acceptors (Lipinski definition) is 7. The van der Waals surface area contributed by atoms with Gasteiger partial charge >= 0.3 is 5.97 Å². The van der Waals surface area contributed by atoms with Crippen LogP contribution in [0.15, 0.2) is 28.4 Å². The largest absolute Gasteiger partial charge is 0.457 e. The van der Waals surface area contributed by atoms with Gasteiger partial charge in [0.05, 0.1) is 19.1 Å². The molecule has 1 amide bonds. The van der Waals surface area contributed by atoms with E-state index in [9.17, 15) is 9.59 Å². The van der Waals surface area contributed by atoms with E-state index < -0.39 is 14.4 Å². The summed E-state index contributed by atoms with van der Waals surface area (Å²) in [6.45, 7) is 22.4. The highest BCUT2D eigenvalue weighted by Crippen LogP contribution is 2.40. The molecule has 0 aromatic carbocycles. The van der Waals surface area contributed by atoms with Crippen LogP contribution in [-0.4, -0.2) is 56.6 Å². The quantitative estimate of drug-likeness (QED) is 0.136. The number of hydrogen-bond donors (Lipinski definition) is 0. The second kappa shape index (κ2) is 13.5. The molecule has 0 aliphatic rings. The molecule has 0 saturated heterocycles. The molecule has 1 heterocycles. The third kappa shape index (κ3) is 9.54. The van der Waals surface area contributed by atoms with Gasteiger partial charge in [0, 0.05) is 26.0 Å². The van der Waals surface area contributed by atoms with Crippen LogP contribution in [0.4, 0.5) is 0 Å². The number of aromatic nitrogens is 1. The number of nitrogens with zero attached hydrogens (tertiary/aromatic N) is 2. The monoisotopic (exact) mass is 536 g/mol. The Bertz CT molecular complexity index is 960. The molecular formula is C28H48N2O6Si. The van der Waals surface area contributed by atoms with Crippen molar-refractivity contribution in [3.63, 3.8) is 0 Å². The molecule has 1 aromatic heterocycles. The lowest BCUT2D eigenvalue weighted by molar-refractivity contribution is -0.162. The number of aryl methyl sites for hydroxylation is 1. The van der Waals surface area contributed by atoms with Gasteiger partial charge in [-0.05, 0) is 42.6 Å². The van der Waals surface area contributed by atoms with Gasteiger partial charge in [-0.15, -0.1) is 0 Å². The molecule has 0 aliphatic heterocycles. The van der Waals surface area contributed by atoms with Crippen molar-refractivity contribution in [2.24, 2.45) is 17.8 Å². The minimum Gasteiger partial charge on any atom is -0.457 e. The van der Waals surface area contributed by atoms with Crippen LogP contribution < -0.4 is 0 Å². The fraction of sp³-hybridized carbons (Fsp3) is 0.679. The molecule has 0 unspecified atom stereocenters. The number of amides is 1. The van der Waals surface area contributed by atoms with E-state index in [1.807, 2.05) is 46.8 Å². The van der Waals surface area contributed by atoms with Gasteiger partial charge in [-0.1, -0.05) is 54.5 Å². The molecule has 0 fully saturated rings. The van der Waals surface area contributed by atoms with Crippen molar-refractivity contribution in [2.75, 3.05) is 14.2 Å². The normalized spacial score (nSPS) is 16.5. The van der Waals surface area contributed by atoms with Crippen molar-refractivity contribution in [1.29, 1.82) is 0 Å². The molecule has 0 bridgehead atoms. The first-order valence-electron chi connectivity index (χ1n) is 12.9. The van der Waals surface area contributed by atoms with Crippen LogP contribution in [0.25, 0.3) is 6.08 Å². The van der Waals surface area contributed by atoms with Crippen LogP contribution in [0.2, 0.25) is 18.1 Å². The molecule has 8 nitrogen and oxygen atoms in total.